The van der Waals surface area contributed by atoms with E-state index in [-0.39, 0.29) is 22.3 Å². The highest BCUT2D eigenvalue weighted by molar-refractivity contribution is 7.89. The van der Waals surface area contributed by atoms with E-state index in [4.69, 9.17) is 10.9 Å². The standard InChI is InChI=1S/C23H22F2N2O4S/c1-23(2,29)14-8-10-19(25)17(12-14)15-9-7-13(11-20(15)32(27,30)31)21(22(26)28)16-5-3-4-6-18(16)24/h3-12,21,29H,1-2H3,(H2,26,28)(H2,27,30,31). The fourth-order valence-electron chi connectivity index (χ4n) is 3.49. The highest BCUT2D eigenvalue weighted by Gasteiger charge is 2.27. The molecule has 0 heterocycles. The summed E-state index contributed by atoms with van der Waals surface area (Å²) in [5, 5.41) is 15.7. The van der Waals surface area contributed by atoms with Crippen LogP contribution in [-0.4, -0.2) is 19.4 Å². The van der Waals surface area contributed by atoms with Crippen LogP contribution in [-0.2, 0) is 20.4 Å². The second kappa shape index (κ2) is 8.42. The number of primary sulfonamides is 1. The van der Waals surface area contributed by atoms with E-state index < -0.39 is 44.0 Å². The Kier molecular flexibility index (Phi) is 6.19. The molecule has 3 aromatic rings. The van der Waals surface area contributed by atoms with Crippen LogP contribution in [0.25, 0.3) is 11.1 Å². The second-order valence-corrected chi connectivity index (χ2v) is 9.44. The second-order valence-electron chi connectivity index (χ2n) is 7.91. The van der Waals surface area contributed by atoms with Gasteiger partial charge < -0.3 is 10.8 Å². The van der Waals surface area contributed by atoms with Gasteiger partial charge >= 0.3 is 0 Å². The summed E-state index contributed by atoms with van der Waals surface area (Å²) in [7, 11) is -4.40. The van der Waals surface area contributed by atoms with Crippen LogP contribution in [0.1, 0.15) is 36.5 Å². The van der Waals surface area contributed by atoms with Crippen molar-refractivity contribution in [2.45, 2.75) is 30.3 Å². The lowest BCUT2D eigenvalue weighted by atomic mass is 9.88. The summed E-state index contributed by atoms with van der Waals surface area (Å²) in [6.45, 7) is 3.00. The number of primary amides is 1. The summed E-state index contributed by atoms with van der Waals surface area (Å²) < 4.78 is 53.8. The number of rotatable bonds is 6. The molecule has 0 radical (unpaired) electrons. The molecule has 168 valence electrons. The Balaban J connectivity index is 2.27. The molecule has 5 N–H and O–H groups in total. The molecule has 32 heavy (non-hydrogen) atoms. The third kappa shape index (κ3) is 4.69. The van der Waals surface area contributed by atoms with Crippen molar-refractivity contribution in [3.63, 3.8) is 0 Å². The predicted octanol–water partition coefficient (Wildman–Crippen LogP) is 3.12. The van der Waals surface area contributed by atoms with Crippen molar-refractivity contribution in [2.75, 3.05) is 0 Å². The third-order valence-electron chi connectivity index (χ3n) is 5.11. The zero-order valence-corrected chi connectivity index (χ0v) is 18.2. The maximum Gasteiger partial charge on any atom is 0.238 e. The topological polar surface area (TPSA) is 123 Å². The molecule has 1 atom stereocenters. The Morgan fingerprint density at radius 1 is 0.969 bits per heavy atom. The van der Waals surface area contributed by atoms with Crippen molar-refractivity contribution in [3.8, 4) is 11.1 Å². The molecule has 0 saturated carbocycles. The molecule has 0 aliphatic rings. The van der Waals surface area contributed by atoms with E-state index in [9.17, 15) is 27.1 Å². The predicted molar refractivity (Wildman–Crippen MR) is 116 cm³/mol. The van der Waals surface area contributed by atoms with Crippen molar-refractivity contribution >= 4 is 15.9 Å². The van der Waals surface area contributed by atoms with Crippen LogP contribution in [0.4, 0.5) is 8.78 Å². The molecule has 9 heteroatoms. The summed E-state index contributed by atoms with van der Waals surface area (Å²) in [6, 6.07) is 13.0. The lowest BCUT2D eigenvalue weighted by molar-refractivity contribution is -0.118. The summed E-state index contributed by atoms with van der Waals surface area (Å²) in [5.74, 6) is -3.63. The Bertz CT molecular complexity index is 1300. The van der Waals surface area contributed by atoms with Gasteiger partial charge in [0, 0.05) is 16.7 Å². The molecule has 0 aliphatic carbocycles. The Morgan fingerprint density at radius 3 is 2.19 bits per heavy atom. The number of nitrogens with two attached hydrogens (primary N) is 2. The van der Waals surface area contributed by atoms with Crippen molar-refractivity contribution in [2.24, 2.45) is 10.9 Å². The lowest BCUT2D eigenvalue weighted by Gasteiger charge is -2.20. The zero-order chi connectivity index (χ0) is 23.8. The number of amides is 1. The van der Waals surface area contributed by atoms with E-state index in [1.165, 1.54) is 56.3 Å². The molecule has 0 spiro atoms. The number of carbonyl (C=O) groups is 1. The Hall–Kier alpha value is -3.14. The van der Waals surface area contributed by atoms with E-state index in [0.717, 1.165) is 18.2 Å². The highest BCUT2D eigenvalue weighted by atomic mass is 32.2. The van der Waals surface area contributed by atoms with Crippen LogP contribution >= 0.6 is 0 Å². The van der Waals surface area contributed by atoms with Gasteiger partial charge in [0.25, 0.3) is 0 Å². The van der Waals surface area contributed by atoms with Crippen LogP contribution in [0.5, 0.6) is 0 Å². The zero-order valence-electron chi connectivity index (χ0n) is 17.3. The highest BCUT2D eigenvalue weighted by Crippen LogP contribution is 2.36. The van der Waals surface area contributed by atoms with E-state index in [1.807, 2.05) is 0 Å². The van der Waals surface area contributed by atoms with Gasteiger partial charge in [-0.1, -0.05) is 36.4 Å². The van der Waals surface area contributed by atoms with Crippen LogP contribution in [0.15, 0.2) is 65.6 Å². The van der Waals surface area contributed by atoms with Gasteiger partial charge in [0.1, 0.15) is 11.6 Å². The number of carbonyl (C=O) groups excluding carboxylic acids is 1. The molecule has 1 unspecified atom stereocenters. The first kappa shape index (κ1) is 23.5. The van der Waals surface area contributed by atoms with E-state index in [0.29, 0.717) is 5.56 Å². The third-order valence-corrected chi connectivity index (χ3v) is 6.06. The molecular formula is C23H22F2N2O4S. The van der Waals surface area contributed by atoms with Crippen LogP contribution in [0.2, 0.25) is 0 Å². The number of hydrogen-bond donors (Lipinski definition) is 3. The number of sulfonamides is 1. The summed E-state index contributed by atoms with van der Waals surface area (Å²) in [6.07, 6.45) is 0. The molecule has 0 saturated heterocycles. The summed E-state index contributed by atoms with van der Waals surface area (Å²) >= 11 is 0. The first-order valence-electron chi connectivity index (χ1n) is 9.54. The van der Waals surface area contributed by atoms with Gasteiger partial charge in [0.2, 0.25) is 15.9 Å². The van der Waals surface area contributed by atoms with Gasteiger partial charge in [-0.15, -0.1) is 0 Å². The number of aliphatic hydroxyl groups is 1. The van der Waals surface area contributed by atoms with Crippen molar-refractivity contribution in [1.29, 1.82) is 0 Å². The van der Waals surface area contributed by atoms with Gasteiger partial charge in [0.05, 0.1) is 16.4 Å². The van der Waals surface area contributed by atoms with Gasteiger partial charge in [-0.05, 0) is 49.2 Å². The molecule has 0 aliphatic heterocycles. The molecule has 0 bridgehead atoms. The first-order chi connectivity index (χ1) is 14.8. The quantitative estimate of drug-likeness (QED) is 0.523. The minimum absolute atomic E-state index is 0.0386. The Labute approximate surface area is 184 Å². The van der Waals surface area contributed by atoms with E-state index in [1.54, 1.807) is 0 Å². The summed E-state index contributed by atoms with van der Waals surface area (Å²) in [4.78, 5) is 11.7. The first-order valence-corrected chi connectivity index (χ1v) is 11.1. The maximum absolute atomic E-state index is 14.7. The van der Waals surface area contributed by atoms with Crippen molar-refractivity contribution in [3.05, 3.63) is 89.0 Å². The number of hydrogen-bond acceptors (Lipinski definition) is 4. The molecule has 0 fully saturated rings. The molecule has 3 aromatic carbocycles. The van der Waals surface area contributed by atoms with Gasteiger partial charge in [0.15, 0.2) is 0 Å². The smallest absolute Gasteiger partial charge is 0.238 e. The normalized spacial score (nSPS) is 13.1. The summed E-state index contributed by atoms with van der Waals surface area (Å²) in [5.41, 5.74) is 4.39. The average molecular weight is 461 g/mol. The van der Waals surface area contributed by atoms with Gasteiger partial charge in [-0.3, -0.25) is 4.79 Å². The molecule has 6 nitrogen and oxygen atoms in total. The molecule has 0 aromatic heterocycles. The van der Waals surface area contributed by atoms with Crippen molar-refractivity contribution in [1.82, 2.24) is 0 Å². The largest absolute Gasteiger partial charge is 0.386 e. The molecule has 3 rings (SSSR count). The molecule has 1 amide bonds. The molecular weight excluding hydrogens is 438 g/mol. The lowest BCUT2D eigenvalue weighted by Crippen LogP contribution is -2.24. The van der Waals surface area contributed by atoms with Gasteiger partial charge in [-0.2, -0.15) is 0 Å². The minimum Gasteiger partial charge on any atom is -0.386 e. The number of halogens is 2. The number of benzene rings is 3. The Morgan fingerprint density at radius 2 is 1.62 bits per heavy atom. The maximum atomic E-state index is 14.7. The van der Waals surface area contributed by atoms with Crippen LogP contribution in [0, 0.1) is 11.6 Å². The van der Waals surface area contributed by atoms with Crippen molar-refractivity contribution < 1.29 is 27.1 Å². The van der Waals surface area contributed by atoms with E-state index in [2.05, 4.69) is 0 Å². The minimum atomic E-state index is -4.40. The SMILES string of the molecule is CC(C)(O)c1ccc(F)c(-c2ccc(C(C(N)=O)c3ccccc3F)cc2S(N)(=O)=O)c1. The van der Waals surface area contributed by atoms with Gasteiger partial charge in [-0.25, -0.2) is 22.3 Å². The van der Waals surface area contributed by atoms with Crippen LogP contribution < -0.4 is 10.9 Å². The van der Waals surface area contributed by atoms with E-state index >= 15 is 0 Å². The monoisotopic (exact) mass is 460 g/mol. The average Bonchev–Trinajstić information content (AvgIpc) is 2.68. The fourth-order valence-corrected chi connectivity index (χ4v) is 4.28. The van der Waals surface area contributed by atoms with Crippen LogP contribution in [0.3, 0.4) is 0 Å². The fraction of sp³-hybridized carbons (Fsp3) is 0.174.